The van der Waals surface area contributed by atoms with Crippen molar-refractivity contribution in [3.05, 3.63) is 51.9 Å². The molecule has 2 aromatic rings. The smallest absolute Gasteiger partial charge is 0.341 e. The molecule has 0 spiro atoms. The summed E-state index contributed by atoms with van der Waals surface area (Å²) in [7, 11) is 0. The Morgan fingerprint density at radius 2 is 1.86 bits per heavy atom. The molecule has 1 heterocycles. The topological polar surface area (TPSA) is 84.5 Å². The summed E-state index contributed by atoms with van der Waals surface area (Å²) in [6, 6.07) is 10.0. The summed E-state index contributed by atoms with van der Waals surface area (Å²) in [5.74, 6) is -0.934. The van der Waals surface area contributed by atoms with Gasteiger partial charge in [0.05, 0.1) is 5.56 Å². The van der Waals surface area contributed by atoms with Crippen molar-refractivity contribution in [3.63, 3.8) is 0 Å². The molecule has 3 rings (SSSR count). The van der Waals surface area contributed by atoms with E-state index in [-0.39, 0.29) is 24.3 Å². The Morgan fingerprint density at radius 3 is 2.55 bits per heavy atom. The van der Waals surface area contributed by atoms with Gasteiger partial charge in [-0.15, -0.1) is 11.3 Å². The second-order valence-electron chi connectivity index (χ2n) is 7.27. The standard InChI is InChI=1S/C22H26N2O4S/c1-14-15(2)29-21(24-20(26)17-10-11-17)19(14)22(27)28-13-18(25)23-12-6-9-16-7-4-3-5-8-16/h3-5,7-8,17H,6,9-13H2,1-2H3,(H,23,25)(H,24,26). The maximum absolute atomic E-state index is 12.5. The van der Waals surface area contributed by atoms with Crippen LogP contribution in [0.15, 0.2) is 30.3 Å². The largest absolute Gasteiger partial charge is 0.452 e. The molecule has 2 N–H and O–H groups in total. The molecule has 0 saturated heterocycles. The maximum atomic E-state index is 12.5. The van der Waals surface area contributed by atoms with Crippen LogP contribution in [0.3, 0.4) is 0 Å². The fourth-order valence-corrected chi connectivity index (χ4v) is 3.99. The SMILES string of the molecule is Cc1sc(NC(=O)C2CC2)c(C(=O)OCC(=O)NCCCc2ccccc2)c1C. The van der Waals surface area contributed by atoms with Gasteiger partial charge in [-0.05, 0) is 50.7 Å². The zero-order chi connectivity index (χ0) is 20.8. The molecule has 154 valence electrons. The molecule has 29 heavy (non-hydrogen) atoms. The van der Waals surface area contributed by atoms with E-state index in [0.29, 0.717) is 17.1 Å². The Hall–Kier alpha value is -2.67. The van der Waals surface area contributed by atoms with E-state index in [2.05, 4.69) is 10.6 Å². The van der Waals surface area contributed by atoms with Crippen LogP contribution >= 0.6 is 11.3 Å². The first-order valence-electron chi connectivity index (χ1n) is 9.84. The molecule has 2 amide bonds. The quantitative estimate of drug-likeness (QED) is 0.485. The minimum absolute atomic E-state index is 0.0447. The Kier molecular flexibility index (Phi) is 7.04. The summed E-state index contributed by atoms with van der Waals surface area (Å²) in [6.07, 6.45) is 3.46. The van der Waals surface area contributed by atoms with Gasteiger partial charge in [0.1, 0.15) is 5.00 Å². The molecule has 1 fully saturated rings. The molecule has 0 atom stereocenters. The van der Waals surface area contributed by atoms with Crippen LogP contribution in [0.2, 0.25) is 0 Å². The number of aryl methyl sites for hydroxylation is 2. The van der Waals surface area contributed by atoms with Gasteiger partial charge in [-0.25, -0.2) is 4.79 Å². The van der Waals surface area contributed by atoms with Crippen molar-refractivity contribution in [2.75, 3.05) is 18.5 Å². The van der Waals surface area contributed by atoms with Crippen molar-refractivity contribution in [1.82, 2.24) is 5.32 Å². The summed E-state index contributed by atoms with van der Waals surface area (Å²) in [5, 5.41) is 6.11. The van der Waals surface area contributed by atoms with E-state index in [1.165, 1.54) is 16.9 Å². The molecular formula is C22H26N2O4S. The highest BCUT2D eigenvalue weighted by atomic mass is 32.1. The number of nitrogens with one attached hydrogen (secondary N) is 2. The maximum Gasteiger partial charge on any atom is 0.341 e. The molecule has 1 aliphatic carbocycles. The third-order valence-corrected chi connectivity index (χ3v) is 6.04. The molecule has 0 radical (unpaired) electrons. The van der Waals surface area contributed by atoms with Crippen LogP contribution < -0.4 is 10.6 Å². The van der Waals surface area contributed by atoms with E-state index in [0.717, 1.165) is 36.1 Å². The van der Waals surface area contributed by atoms with Crippen LogP contribution in [-0.2, 0) is 20.7 Å². The first-order chi connectivity index (χ1) is 14.0. The van der Waals surface area contributed by atoms with Gasteiger partial charge in [0, 0.05) is 17.3 Å². The number of ether oxygens (including phenoxy) is 1. The number of hydrogen-bond donors (Lipinski definition) is 2. The number of hydrogen-bond acceptors (Lipinski definition) is 5. The second-order valence-corrected chi connectivity index (χ2v) is 8.49. The van der Waals surface area contributed by atoms with Gasteiger partial charge in [0.15, 0.2) is 6.61 Å². The van der Waals surface area contributed by atoms with Crippen molar-refractivity contribution in [3.8, 4) is 0 Å². The van der Waals surface area contributed by atoms with Crippen LogP contribution in [0.25, 0.3) is 0 Å². The Balaban J connectivity index is 1.46. The number of rotatable bonds is 9. The average molecular weight is 415 g/mol. The van der Waals surface area contributed by atoms with Gasteiger partial charge in [0.25, 0.3) is 5.91 Å². The van der Waals surface area contributed by atoms with E-state index >= 15 is 0 Å². The van der Waals surface area contributed by atoms with Crippen molar-refractivity contribution in [1.29, 1.82) is 0 Å². The molecule has 1 aromatic carbocycles. The lowest BCUT2D eigenvalue weighted by molar-refractivity contribution is -0.124. The molecule has 0 aliphatic heterocycles. The van der Waals surface area contributed by atoms with Gasteiger partial charge in [-0.1, -0.05) is 30.3 Å². The second kappa shape index (κ2) is 9.69. The molecule has 6 nitrogen and oxygen atoms in total. The van der Waals surface area contributed by atoms with Crippen LogP contribution in [0.5, 0.6) is 0 Å². The predicted molar refractivity (Wildman–Crippen MR) is 113 cm³/mol. The first kappa shape index (κ1) is 21.0. The summed E-state index contributed by atoms with van der Waals surface area (Å²) in [5.41, 5.74) is 2.34. The van der Waals surface area contributed by atoms with Crippen LogP contribution in [0.1, 0.15) is 45.6 Å². The fourth-order valence-electron chi connectivity index (χ4n) is 2.94. The summed E-state index contributed by atoms with van der Waals surface area (Å²) in [6.45, 7) is 3.89. The molecular weight excluding hydrogens is 388 g/mol. The van der Waals surface area contributed by atoms with Gasteiger partial charge >= 0.3 is 5.97 Å². The highest BCUT2D eigenvalue weighted by Crippen LogP contribution is 2.36. The van der Waals surface area contributed by atoms with Crippen LogP contribution in [0.4, 0.5) is 5.00 Å². The molecule has 7 heteroatoms. The van der Waals surface area contributed by atoms with Crippen molar-refractivity contribution in [2.45, 2.75) is 39.5 Å². The highest BCUT2D eigenvalue weighted by Gasteiger charge is 2.31. The third-order valence-electron chi connectivity index (χ3n) is 4.92. The van der Waals surface area contributed by atoms with Crippen molar-refractivity contribution >= 4 is 34.1 Å². The Labute approximate surface area is 174 Å². The lowest BCUT2D eigenvalue weighted by atomic mass is 10.1. The lowest BCUT2D eigenvalue weighted by Crippen LogP contribution is -2.30. The van der Waals surface area contributed by atoms with E-state index < -0.39 is 5.97 Å². The number of amides is 2. The molecule has 1 saturated carbocycles. The molecule has 1 aliphatic rings. The number of anilines is 1. The molecule has 0 bridgehead atoms. The zero-order valence-corrected chi connectivity index (χ0v) is 17.6. The summed E-state index contributed by atoms with van der Waals surface area (Å²) >= 11 is 1.36. The first-order valence-corrected chi connectivity index (χ1v) is 10.7. The minimum atomic E-state index is -0.586. The van der Waals surface area contributed by atoms with Crippen LogP contribution in [-0.4, -0.2) is 30.9 Å². The van der Waals surface area contributed by atoms with E-state index in [1.54, 1.807) is 0 Å². The minimum Gasteiger partial charge on any atom is -0.452 e. The summed E-state index contributed by atoms with van der Waals surface area (Å²) < 4.78 is 5.20. The van der Waals surface area contributed by atoms with Crippen molar-refractivity contribution in [2.24, 2.45) is 5.92 Å². The Bertz CT molecular complexity index is 888. The van der Waals surface area contributed by atoms with E-state index in [1.807, 2.05) is 44.2 Å². The number of thiophene rings is 1. The van der Waals surface area contributed by atoms with Gasteiger partial charge < -0.3 is 15.4 Å². The molecule has 1 aromatic heterocycles. The van der Waals surface area contributed by atoms with Gasteiger partial charge in [-0.2, -0.15) is 0 Å². The Morgan fingerprint density at radius 1 is 1.14 bits per heavy atom. The van der Waals surface area contributed by atoms with Crippen molar-refractivity contribution < 1.29 is 19.1 Å². The number of carbonyl (C=O) groups excluding carboxylic acids is 3. The van der Waals surface area contributed by atoms with E-state index in [9.17, 15) is 14.4 Å². The predicted octanol–water partition coefficient (Wildman–Crippen LogP) is 3.62. The monoisotopic (exact) mass is 414 g/mol. The van der Waals surface area contributed by atoms with Gasteiger partial charge in [0.2, 0.25) is 5.91 Å². The third kappa shape index (κ3) is 5.90. The van der Waals surface area contributed by atoms with Gasteiger partial charge in [-0.3, -0.25) is 9.59 Å². The normalized spacial score (nSPS) is 13.0. The highest BCUT2D eigenvalue weighted by molar-refractivity contribution is 7.16. The summed E-state index contributed by atoms with van der Waals surface area (Å²) in [4.78, 5) is 37.5. The lowest BCUT2D eigenvalue weighted by Gasteiger charge is -2.09. The zero-order valence-electron chi connectivity index (χ0n) is 16.7. The fraction of sp³-hybridized carbons (Fsp3) is 0.409. The number of benzene rings is 1. The van der Waals surface area contributed by atoms with E-state index in [4.69, 9.17) is 4.74 Å². The molecule has 0 unspecified atom stereocenters. The van der Waals surface area contributed by atoms with Crippen LogP contribution in [0, 0.1) is 19.8 Å². The average Bonchev–Trinajstić information content (AvgIpc) is 3.52. The number of esters is 1. The number of carbonyl (C=O) groups is 3.